The third-order valence-electron chi connectivity index (χ3n) is 3.85. The van der Waals surface area contributed by atoms with E-state index in [1.165, 1.54) is 37.5 Å². The van der Waals surface area contributed by atoms with Crippen molar-refractivity contribution in [1.82, 2.24) is 0 Å². The van der Waals surface area contributed by atoms with E-state index in [2.05, 4.69) is 26.0 Å². The van der Waals surface area contributed by atoms with Crippen LogP contribution in [-0.4, -0.2) is 32.2 Å². The minimum absolute atomic E-state index is 0.142. The highest BCUT2D eigenvalue weighted by atomic mass is 79.9. The number of ether oxygens (including phenoxy) is 3. The van der Waals surface area contributed by atoms with Gasteiger partial charge in [-0.3, -0.25) is 4.79 Å². The van der Waals surface area contributed by atoms with Crippen molar-refractivity contribution in [2.24, 2.45) is 0 Å². The van der Waals surface area contributed by atoms with Gasteiger partial charge < -0.3 is 19.5 Å². The molecule has 158 valence electrons. The first-order valence-electron chi connectivity index (χ1n) is 9.01. The number of hydrogen-bond donors (Lipinski definition) is 1. The number of rotatable bonds is 8. The number of esters is 1. The summed E-state index contributed by atoms with van der Waals surface area (Å²) in [4.78, 5) is 24.0. The number of benzene rings is 2. The SMILES string of the molecule is CCOc1cc(/C=C(\C#N)C(=O)Nc2ccc(C(=O)OC)cc2)cc(Br)c1OCC#N. The lowest BCUT2D eigenvalue weighted by molar-refractivity contribution is -0.112. The summed E-state index contributed by atoms with van der Waals surface area (Å²) in [6, 6.07) is 13.1. The van der Waals surface area contributed by atoms with Crippen LogP contribution in [-0.2, 0) is 9.53 Å². The van der Waals surface area contributed by atoms with Crippen LogP contribution in [0.1, 0.15) is 22.8 Å². The molecule has 0 aromatic heterocycles. The molecular formula is C22H18BrN3O5. The lowest BCUT2D eigenvalue weighted by Gasteiger charge is -2.13. The number of nitrogens with zero attached hydrogens (tertiary/aromatic N) is 2. The van der Waals surface area contributed by atoms with Crippen molar-refractivity contribution in [3.8, 4) is 23.6 Å². The molecule has 0 bridgehead atoms. The van der Waals surface area contributed by atoms with E-state index in [4.69, 9.17) is 14.7 Å². The van der Waals surface area contributed by atoms with E-state index in [-0.39, 0.29) is 12.2 Å². The highest BCUT2D eigenvalue weighted by molar-refractivity contribution is 9.10. The summed E-state index contributed by atoms with van der Waals surface area (Å²) in [5, 5.41) is 20.8. The van der Waals surface area contributed by atoms with E-state index in [1.807, 2.05) is 12.1 Å². The number of nitrogens with one attached hydrogen (secondary N) is 1. The minimum Gasteiger partial charge on any atom is -0.490 e. The molecule has 0 atom stereocenters. The van der Waals surface area contributed by atoms with Crippen LogP contribution in [0.4, 0.5) is 5.69 Å². The van der Waals surface area contributed by atoms with E-state index in [9.17, 15) is 14.9 Å². The van der Waals surface area contributed by atoms with E-state index in [0.717, 1.165) is 0 Å². The zero-order valence-electron chi connectivity index (χ0n) is 16.8. The minimum atomic E-state index is -0.618. The van der Waals surface area contributed by atoms with Crippen molar-refractivity contribution >= 4 is 39.6 Å². The molecule has 2 rings (SSSR count). The second kappa shape index (κ2) is 11.4. The zero-order valence-corrected chi connectivity index (χ0v) is 18.4. The van der Waals surface area contributed by atoms with Gasteiger partial charge in [0, 0.05) is 5.69 Å². The molecule has 0 radical (unpaired) electrons. The van der Waals surface area contributed by atoms with Gasteiger partial charge in [0.05, 0.1) is 23.8 Å². The molecule has 31 heavy (non-hydrogen) atoms. The Bertz CT molecular complexity index is 1080. The molecule has 0 fully saturated rings. The Morgan fingerprint density at radius 1 is 1.16 bits per heavy atom. The first-order chi connectivity index (χ1) is 14.9. The van der Waals surface area contributed by atoms with Crippen LogP contribution in [0.15, 0.2) is 46.4 Å². The standard InChI is InChI=1S/C22H18BrN3O5/c1-3-30-19-12-14(11-18(23)20(19)31-9-8-24)10-16(13-25)21(27)26-17-6-4-15(5-7-17)22(28)29-2/h4-7,10-12H,3,9H2,1-2H3,(H,26,27)/b16-10+. The molecule has 0 aliphatic carbocycles. The Hall–Kier alpha value is -3.82. The van der Waals surface area contributed by atoms with E-state index >= 15 is 0 Å². The van der Waals surface area contributed by atoms with Gasteiger partial charge in [0.1, 0.15) is 17.7 Å². The third-order valence-corrected chi connectivity index (χ3v) is 4.44. The maximum atomic E-state index is 12.5. The van der Waals surface area contributed by atoms with Gasteiger partial charge >= 0.3 is 5.97 Å². The van der Waals surface area contributed by atoms with Crippen LogP contribution in [0, 0.1) is 22.7 Å². The average Bonchev–Trinajstić information content (AvgIpc) is 2.77. The summed E-state index contributed by atoms with van der Waals surface area (Å²) >= 11 is 3.36. The van der Waals surface area contributed by atoms with E-state index in [0.29, 0.717) is 39.4 Å². The van der Waals surface area contributed by atoms with Crippen LogP contribution < -0.4 is 14.8 Å². The van der Waals surface area contributed by atoms with Gasteiger partial charge in [-0.25, -0.2) is 4.79 Å². The molecule has 1 N–H and O–H groups in total. The fraction of sp³-hybridized carbons (Fsp3) is 0.182. The van der Waals surface area contributed by atoms with Crippen molar-refractivity contribution < 1.29 is 23.8 Å². The monoisotopic (exact) mass is 483 g/mol. The average molecular weight is 484 g/mol. The van der Waals surface area contributed by atoms with Gasteiger partial charge in [-0.15, -0.1) is 0 Å². The van der Waals surface area contributed by atoms with Crippen LogP contribution in [0.5, 0.6) is 11.5 Å². The molecule has 2 aromatic rings. The number of amides is 1. The molecule has 0 saturated heterocycles. The summed E-state index contributed by atoms with van der Waals surface area (Å²) < 4.78 is 16.1. The fourth-order valence-electron chi connectivity index (χ4n) is 2.50. The maximum absolute atomic E-state index is 12.5. The van der Waals surface area contributed by atoms with Crippen molar-refractivity contribution in [3.63, 3.8) is 0 Å². The molecule has 0 aliphatic heterocycles. The third kappa shape index (κ3) is 6.33. The first-order valence-corrected chi connectivity index (χ1v) is 9.80. The molecule has 0 heterocycles. The summed E-state index contributed by atoms with van der Waals surface area (Å²) in [6.45, 7) is 1.99. The highest BCUT2D eigenvalue weighted by Crippen LogP contribution is 2.37. The summed E-state index contributed by atoms with van der Waals surface area (Å²) in [5.74, 6) is -0.385. The Morgan fingerprint density at radius 3 is 2.45 bits per heavy atom. The Labute approximate surface area is 187 Å². The molecular weight excluding hydrogens is 466 g/mol. The first kappa shape index (κ1) is 23.5. The Kier molecular flexibility index (Phi) is 8.62. The van der Waals surface area contributed by atoms with Crippen LogP contribution in [0.2, 0.25) is 0 Å². The summed E-state index contributed by atoms with van der Waals surface area (Å²) in [5.41, 5.74) is 1.13. The highest BCUT2D eigenvalue weighted by Gasteiger charge is 2.15. The van der Waals surface area contributed by atoms with Crippen molar-refractivity contribution in [3.05, 3.63) is 57.6 Å². The van der Waals surface area contributed by atoms with Crippen molar-refractivity contribution in [2.45, 2.75) is 6.92 Å². The van der Waals surface area contributed by atoms with Crippen LogP contribution in [0.3, 0.4) is 0 Å². The van der Waals surface area contributed by atoms with Gasteiger partial charge in [-0.2, -0.15) is 10.5 Å². The predicted octanol–water partition coefficient (Wildman–Crippen LogP) is 4.08. The van der Waals surface area contributed by atoms with Gasteiger partial charge in [0.25, 0.3) is 5.91 Å². The smallest absolute Gasteiger partial charge is 0.337 e. The molecule has 0 unspecified atom stereocenters. The number of carbonyl (C=O) groups excluding carboxylic acids is 2. The lowest BCUT2D eigenvalue weighted by atomic mass is 10.1. The number of carbonyl (C=O) groups is 2. The molecule has 0 spiro atoms. The number of anilines is 1. The quantitative estimate of drug-likeness (QED) is 0.340. The van der Waals surface area contributed by atoms with E-state index in [1.54, 1.807) is 19.1 Å². The Balaban J connectivity index is 2.27. The normalized spacial score (nSPS) is 10.4. The largest absolute Gasteiger partial charge is 0.490 e. The molecule has 8 nitrogen and oxygen atoms in total. The van der Waals surface area contributed by atoms with E-state index < -0.39 is 11.9 Å². The van der Waals surface area contributed by atoms with Crippen LogP contribution in [0.25, 0.3) is 6.08 Å². The van der Waals surface area contributed by atoms with Gasteiger partial charge in [0.2, 0.25) is 0 Å². The lowest BCUT2D eigenvalue weighted by Crippen LogP contribution is -2.13. The second-order valence-electron chi connectivity index (χ2n) is 5.90. The fourth-order valence-corrected chi connectivity index (χ4v) is 3.07. The molecule has 0 saturated carbocycles. The number of halogens is 1. The van der Waals surface area contributed by atoms with Gasteiger partial charge in [0.15, 0.2) is 18.1 Å². The Morgan fingerprint density at radius 2 is 1.87 bits per heavy atom. The van der Waals surface area contributed by atoms with Gasteiger partial charge in [-0.1, -0.05) is 0 Å². The number of methoxy groups -OCH3 is 1. The molecule has 9 heteroatoms. The van der Waals surface area contributed by atoms with Crippen molar-refractivity contribution in [2.75, 3.05) is 25.6 Å². The molecule has 1 amide bonds. The number of hydrogen-bond acceptors (Lipinski definition) is 7. The van der Waals surface area contributed by atoms with Crippen molar-refractivity contribution in [1.29, 1.82) is 10.5 Å². The van der Waals surface area contributed by atoms with Crippen LogP contribution >= 0.6 is 15.9 Å². The summed E-state index contributed by atoms with van der Waals surface area (Å²) in [6.07, 6.45) is 1.40. The van der Waals surface area contributed by atoms with Gasteiger partial charge in [-0.05, 0) is 70.9 Å². The second-order valence-corrected chi connectivity index (χ2v) is 6.76. The number of nitriles is 2. The molecule has 0 aliphatic rings. The molecule has 2 aromatic carbocycles. The maximum Gasteiger partial charge on any atom is 0.337 e. The predicted molar refractivity (Wildman–Crippen MR) is 116 cm³/mol. The summed E-state index contributed by atoms with van der Waals surface area (Å²) in [7, 11) is 1.28. The zero-order chi connectivity index (χ0) is 22.8. The topological polar surface area (TPSA) is 121 Å².